The van der Waals surface area contributed by atoms with E-state index >= 15 is 0 Å². The molecule has 0 aliphatic carbocycles. The molecule has 0 heterocycles. The molecule has 1 aromatic carbocycles. The highest BCUT2D eigenvalue weighted by Crippen LogP contribution is 2.40. The van der Waals surface area contributed by atoms with E-state index < -0.39 is 0 Å². The molecule has 1 aromatic rings. The monoisotopic (exact) mass is 234 g/mol. The fraction of sp³-hybridized carbons (Fsp3) is 0.647. The van der Waals surface area contributed by atoms with Gasteiger partial charge in [-0.2, -0.15) is 0 Å². The van der Waals surface area contributed by atoms with Gasteiger partial charge >= 0.3 is 0 Å². The van der Waals surface area contributed by atoms with Gasteiger partial charge in [-0.05, 0) is 29.7 Å². The second-order valence-electron chi connectivity index (χ2n) is 6.30. The first-order chi connectivity index (χ1) is 7.72. The Morgan fingerprint density at radius 2 is 1.24 bits per heavy atom. The molecule has 0 aliphatic rings. The molecule has 0 saturated heterocycles. The lowest BCUT2D eigenvalue weighted by molar-refractivity contribution is 0.132. The van der Waals surface area contributed by atoms with E-state index in [9.17, 15) is 0 Å². The van der Waals surface area contributed by atoms with Crippen molar-refractivity contribution in [2.24, 2.45) is 10.8 Å². The molecule has 0 bridgehead atoms. The molecular weight excluding hydrogens is 204 g/mol. The second-order valence-corrected chi connectivity index (χ2v) is 6.30. The minimum Gasteiger partial charge on any atom is -0.0683 e. The number of aryl methyl sites for hydroxylation is 1. The first-order valence-corrected chi connectivity index (χ1v) is 6.78. The Bertz CT molecular complexity index is 309. The van der Waals surface area contributed by atoms with Gasteiger partial charge in [0.25, 0.3) is 0 Å². The Morgan fingerprint density at radius 3 is 1.59 bits per heavy atom. The predicted octanol–water partition coefficient (Wildman–Crippen LogP) is 5.64. The summed E-state index contributed by atoms with van der Waals surface area (Å²) >= 11 is 0. The van der Waals surface area contributed by atoms with Crippen molar-refractivity contribution in [3.05, 3.63) is 35.4 Å². The van der Waals surface area contributed by atoms with Crippen LogP contribution in [0, 0.1) is 17.8 Å². The largest absolute Gasteiger partial charge is 0.0683 e. The molecule has 1 rings (SSSR count). The van der Waals surface area contributed by atoms with Crippen molar-refractivity contribution in [2.75, 3.05) is 0 Å². The number of benzene rings is 1. The summed E-state index contributed by atoms with van der Waals surface area (Å²) in [6.45, 7) is 17.8. The first-order valence-electron chi connectivity index (χ1n) is 6.78. The molecule has 0 heteroatoms. The predicted molar refractivity (Wildman–Crippen MR) is 79.5 cm³/mol. The molecule has 0 saturated carbocycles. The molecule has 0 fully saturated rings. The van der Waals surface area contributed by atoms with Crippen molar-refractivity contribution < 1.29 is 0 Å². The van der Waals surface area contributed by atoms with Crippen LogP contribution in [0.5, 0.6) is 0 Å². The van der Waals surface area contributed by atoms with Crippen molar-refractivity contribution in [3.63, 3.8) is 0 Å². The summed E-state index contributed by atoms with van der Waals surface area (Å²) in [6, 6.07) is 8.91. The van der Waals surface area contributed by atoms with Gasteiger partial charge in [-0.1, -0.05) is 78.3 Å². The highest BCUT2D eigenvalue weighted by atomic mass is 14.4. The molecule has 0 aliphatic heterocycles. The molecule has 0 amide bonds. The molecule has 0 aromatic heterocycles. The standard InChI is InChI=1S/C15H24.C2H6/c1-12-7-9-13(10-8-12)11-15(5,6)14(2,3)4;1-2/h7-10H,11H2,1-6H3;1-2H3. The maximum atomic E-state index is 2.35. The molecule has 17 heavy (non-hydrogen) atoms. The Morgan fingerprint density at radius 1 is 0.824 bits per heavy atom. The van der Waals surface area contributed by atoms with Crippen LogP contribution in [0.2, 0.25) is 0 Å². The highest BCUT2D eigenvalue weighted by Gasteiger charge is 2.32. The molecule has 0 radical (unpaired) electrons. The quantitative estimate of drug-likeness (QED) is 0.621. The highest BCUT2D eigenvalue weighted by molar-refractivity contribution is 5.22. The smallest absolute Gasteiger partial charge is 0.0222 e. The van der Waals surface area contributed by atoms with E-state index in [1.807, 2.05) is 13.8 Å². The Kier molecular flexibility index (Phi) is 5.95. The lowest BCUT2D eigenvalue weighted by atomic mass is 9.66. The average molecular weight is 234 g/mol. The summed E-state index contributed by atoms with van der Waals surface area (Å²) in [4.78, 5) is 0. The molecule has 0 N–H and O–H groups in total. The lowest BCUT2D eigenvalue weighted by Gasteiger charge is -2.39. The normalized spacial score (nSPS) is 11.8. The molecular formula is C17H30. The summed E-state index contributed by atoms with van der Waals surface area (Å²) in [5.74, 6) is 0. The van der Waals surface area contributed by atoms with Crippen LogP contribution >= 0.6 is 0 Å². The number of hydrogen-bond acceptors (Lipinski definition) is 0. The van der Waals surface area contributed by atoms with E-state index in [1.165, 1.54) is 11.1 Å². The van der Waals surface area contributed by atoms with E-state index in [-0.39, 0.29) is 0 Å². The topological polar surface area (TPSA) is 0 Å². The minimum absolute atomic E-state index is 0.336. The molecule has 0 spiro atoms. The van der Waals surface area contributed by atoms with Crippen molar-refractivity contribution in [1.29, 1.82) is 0 Å². The SMILES string of the molecule is CC.Cc1ccc(CC(C)(C)C(C)(C)C)cc1. The summed E-state index contributed by atoms with van der Waals surface area (Å²) in [7, 11) is 0. The summed E-state index contributed by atoms with van der Waals surface area (Å²) in [5.41, 5.74) is 3.47. The van der Waals surface area contributed by atoms with Gasteiger partial charge < -0.3 is 0 Å². The van der Waals surface area contributed by atoms with E-state index in [0.29, 0.717) is 10.8 Å². The van der Waals surface area contributed by atoms with Gasteiger partial charge in [0, 0.05) is 0 Å². The fourth-order valence-corrected chi connectivity index (χ4v) is 1.48. The zero-order chi connectivity index (χ0) is 13.7. The van der Waals surface area contributed by atoms with Crippen molar-refractivity contribution in [2.45, 2.75) is 61.8 Å². The summed E-state index contributed by atoms with van der Waals surface area (Å²) in [6.07, 6.45) is 1.15. The van der Waals surface area contributed by atoms with Gasteiger partial charge in [0.15, 0.2) is 0 Å². The zero-order valence-corrected chi connectivity index (χ0v) is 13.0. The summed E-state index contributed by atoms with van der Waals surface area (Å²) in [5, 5.41) is 0. The van der Waals surface area contributed by atoms with Crippen LogP contribution in [0.25, 0.3) is 0 Å². The van der Waals surface area contributed by atoms with Gasteiger partial charge in [0.2, 0.25) is 0 Å². The van der Waals surface area contributed by atoms with Crippen molar-refractivity contribution in [3.8, 4) is 0 Å². The van der Waals surface area contributed by atoms with Gasteiger partial charge in [-0.25, -0.2) is 0 Å². The van der Waals surface area contributed by atoms with E-state index in [1.54, 1.807) is 0 Å². The molecule has 0 nitrogen and oxygen atoms in total. The van der Waals surface area contributed by atoms with Gasteiger partial charge in [0.1, 0.15) is 0 Å². The average Bonchev–Trinajstić information content (AvgIpc) is 2.22. The van der Waals surface area contributed by atoms with Crippen LogP contribution in [0.3, 0.4) is 0 Å². The Balaban J connectivity index is 0.00000121. The first kappa shape index (κ1) is 16.2. The number of hydrogen-bond donors (Lipinski definition) is 0. The van der Waals surface area contributed by atoms with E-state index in [4.69, 9.17) is 0 Å². The van der Waals surface area contributed by atoms with Gasteiger partial charge in [-0.15, -0.1) is 0 Å². The van der Waals surface area contributed by atoms with Crippen LogP contribution < -0.4 is 0 Å². The summed E-state index contributed by atoms with van der Waals surface area (Å²) < 4.78 is 0. The Labute approximate surface area is 108 Å². The minimum atomic E-state index is 0.336. The Hall–Kier alpha value is -0.780. The third-order valence-electron chi connectivity index (χ3n) is 3.80. The second kappa shape index (κ2) is 6.23. The third-order valence-corrected chi connectivity index (χ3v) is 3.80. The fourth-order valence-electron chi connectivity index (χ4n) is 1.48. The van der Waals surface area contributed by atoms with Crippen LogP contribution in [0.1, 0.15) is 59.6 Å². The zero-order valence-electron chi connectivity index (χ0n) is 13.0. The maximum absolute atomic E-state index is 2.35. The molecule has 98 valence electrons. The van der Waals surface area contributed by atoms with Gasteiger partial charge in [-0.3, -0.25) is 0 Å². The van der Waals surface area contributed by atoms with Crippen molar-refractivity contribution >= 4 is 0 Å². The van der Waals surface area contributed by atoms with Gasteiger partial charge in [0.05, 0.1) is 0 Å². The van der Waals surface area contributed by atoms with Crippen molar-refractivity contribution in [1.82, 2.24) is 0 Å². The van der Waals surface area contributed by atoms with Crippen LogP contribution in [0.4, 0.5) is 0 Å². The van der Waals surface area contributed by atoms with E-state index in [2.05, 4.69) is 65.8 Å². The number of rotatable bonds is 2. The van der Waals surface area contributed by atoms with Crippen LogP contribution in [-0.2, 0) is 6.42 Å². The maximum Gasteiger partial charge on any atom is -0.0222 e. The van der Waals surface area contributed by atoms with Crippen LogP contribution in [0.15, 0.2) is 24.3 Å². The van der Waals surface area contributed by atoms with E-state index in [0.717, 1.165) is 6.42 Å². The molecule has 0 atom stereocenters. The molecule has 0 unspecified atom stereocenters. The lowest BCUT2D eigenvalue weighted by Crippen LogP contribution is -2.31. The third kappa shape index (κ3) is 4.93. The van der Waals surface area contributed by atoms with Crippen LogP contribution in [-0.4, -0.2) is 0 Å².